The van der Waals surface area contributed by atoms with E-state index >= 15 is 0 Å². The maximum atomic E-state index is 12.1. The average Bonchev–Trinajstić information content (AvgIpc) is 2.14. The third-order valence-electron chi connectivity index (χ3n) is 1.49. The van der Waals surface area contributed by atoms with Crippen molar-refractivity contribution < 1.29 is 13.2 Å². The van der Waals surface area contributed by atoms with Gasteiger partial charge in [0.1, 0.15) is 0 Å². The standard InChI is InChI=1S/C9H7BrF3N/c10-5-1-2-8-4-3-7(6-14-8)9(11,12)13/h1-4,6H,5H2. The first-order chi connectivity index (χ1) is 6.54. The molecule has 1 nitrogen and oxygen atoms in total. The van der Waals surface area contributed by atoms with Gasteiger partial charge in [0.15, 0.2) is 0 Å². The van der Waals surface area contributed by atoms with Crippen molar-refractivity contribution in [3.63, 3.8) is 0 Å². The average molecular weight is 266 g/mol. The van der Waals surface area contributed by atoms with Crippen LogP contribution >= 0.6 is 15.9 Å². The number of rotatable bonds is 2. The summed E-state index contributed by atoms with van der Waals surface area (Å²) in [6, 6.07) is 2.35. The lowest BCUT2D eigenvalue weighted by Crippen LogP contribution is -2.05. The lowest BCUT2D eigenvalue weighted by atomic mass is 10.2. The molecule has 0 unspecified atom stereocenters. The summed E-state index contributed by atoms with van der Waals surface area (Å²) in [4.78, 5) is 3.66. The van der Waals surface area contributed by atoms with Gasteiger partial charge in [-0.05, 0) is 18.2 Å². The first kappa shape index (κ1) is 11.2. The van der Waals surface area contributed by atoms with Gasteiger partial charge in [-0.1, -0.05) is 22.0 Å². The molecule has 1 aromatic rings. The molecule has 0 amide bonds. The lowest BCUT2D eigenvalue weighted by molar-refractivity contribution is -0.137. The van der Waals surface area contributed by atoms with E-state index in [1.54, 1.807) is 12.2 Å². The number of alkyl halides is 4. The zero-order chi connectivity index (χ0) is 10.6. The summed E-state index contributed by atoms with van der Waals surface area (Å²) in [5.41, 5.74) is -0.217. The van der Waals surface area contributed by atoms with E-state index in [-0.39, 0.29) is 0 Å². The van der Waals surface area contributed by atoms with Gasteiger partial charge in [0.2, 0.25) is 0 Å². The van der Waals surface area contributed by atoms with Crippen molar-refractivity contribution in [3.05, 3.63) is 35.7 Å². The fraction of sp³-hybridized carbons (Fsp3) is 0.222. The number of hydrogen-bond donors (Lipinski definition) is 0. The molecule has 14 heavy (non-hydrogen) atoms. The number of hydrogen-bond acceptors (Lipinski definition) is 1. The zero-order valence-electron chi connectivity index (χ0n) is 7.05. The van der Waals surface area contributed by atoms with Crippen LogP contribution in [0, 0.1) is 0 Å². The molecule has 0 aliphatic rings. The summed E-state index contributed by atoms with van der Waals surface area (Å²) < 4.78 is 36.3. The maximum Gasteiger partial charge on any atom is 0.417 e. The minimum absolute atomic E-state index is 0.512. The molecule has 0 atom stereocenters. The summed E-state index contributed by atoms with van der Waals surface area (Å²) in [5, 5.41) is 0.649. The second kappa shape index (κ2) is 4.59. The minimum Gasteiger partial charge on any atom is -0.256 e. The fourth-order valence-electron chi connectivity index (χ4n) is 0.837. The van der Waals surface area contributed by atoms with Crippen LogP contribution in [0.3, 0.4) is 0 Å². The molecule has 0 aliphatic heterocycles. The lowest BCUT2D eigenvalue weighted by Gasteiger charge is -2.04. The van der Waals surface area contributed by atoms with Crippen LogP contribution in [-0.4, -0.2) is 10.3 Å². The molecule has 1 aromatic heterocycles. The highest BCUT2D eigenvalue weighted by Crippen LogP contribution is 2.28. The predicted octanol–water partition coefficient (Wildman–Crippen LogP) is 3.51. The van der Waals surface area contributed by atoms with Gasteiger partial charge in [0.25, 0.3) is 0 Å². The summed E-state index contributed by atoms with van der Waals surface area (Å²) in [7, 11) is 0. The molecule has 1 heterocycles. The van der Waals surface area contributed by atoms with E-state index in [0.29, 0.717) is 11.0 Å². The first-order valence-corrected chi connectivity index (χ1v) is 4.92. The molecule has 0 aliphatic carbocycles. The van der Waals surface area contributed by atoms with Crippen molar-refractivity contribution in [2.24, 2.45) is 0 Å². The molecule has 0 saturated carbocycles. The van der Waals surface area contributed by atoms with E-state index in [4.69, 9.17) is 0 Å². The monoisotopic (exact) mass is 265 g/mol. The largest absolute Gasteiger partial charge is 0.417 e. The van der Waals surface area contributed by atoms with Crippen molar-refractivity contribution in [1.82, 2.24) is 4.98 Å². The van der Waals surface area contributed by atoms with Gasteiger partial charge < -0.3 is 0 Å². The molecule has 0 spiro atoms. The van der Waals surface area contributed by atoms with Crippen molar-refractivity contribution in [2.75, 3.05) is 5.33 Å². The highest BCUT2D eigenvalue weighted by Gasteiger charge is 2.30. The van der Waals surface area contributed by atoms with Gasteiger partial charge in [0.05, 0.1) is 11.3 Å². The molecule has 76 valence electrons. The van der Waals surface area contributed by atoms with E-state index in [0.717, 1.165) is 12.3 Å². The van der Waals surface area contributed by atoms with Crippen LogP contribution in [0.1, 0.15) is 11.3 Å². The second-order valence-corrected chi connectivity index (χ2v) is 3.17. The highest BCUT2D eigenvalue weighted by molar-refractivity contribution is 9.09. The molecule has 0 saturated heterocycles. The summed E-state index contributed by atoms with van der Waals surface area (Å²) in [6.45, 7) is 0. The van der Waals surface area contributed by atoms with Crippen LogP contribution in [0.15, 0.2) is 24.4 Å². The van der Waals surface area contributed by atoms with Crippen LogP contribution in [-0.2, 0) is 6.18 Å². The SMILES string of the molecule is FC(F)(F)c1ccc(C=CCBr)nc1. The topological polar surface area (TPSA) is 12.9 Å². The molecular formula is C9H7BrF3N. The molecule has 5 heteroatoms. The Bertz CT molecular complexity index is 316. The van der Waals surface area contributed by atoms with Gasteiger partial charge in [-0.15, -0.1) is 0 Å². The Balaban J connectivity index is 2.84. The van der Waals surface area contributed by atoms with Crippen molar-refractivity contribution in [2.45, 2.75) is 6.18 Å². The van der Waals surface area contributed by atoms with Crippen molar-refractivity contribution in [3.8, 4) is 0 Å². The van der Waals surface area contributed by atoms with Crippen molar-refractivity contribution >= 4 is 22.0 Å². The Morgan fingerprint density at radius 3 is 2.50 bits per heavy atom. The normalized spacial score (nSPS) is 12.3. The number of nitrogens with zero attached hydrogens (tertiary/aromatic N) is 1. The van der Waals surface area contributed by atoms with Gasteiger partial charge >= 0.3 is 6.18 Å². The second-order valence-electron chi connectivity index (χ2n) is 2.53. The highest BCUT2D eigenvalue weighted by atomic mass is 79.9. The van der Waals surface area contributed by atoms with E-state index in [1.165, 1.54) is 6.07 Å². The Morgan fingerprint density at radius 1 is 1.36 bits per heavy atom. The maximum absolute atomic E-state index is 12.1. The smallest absolute Gasteiger partial charge is 0.256 e. The third kappa shape index (κ3) is 3.14. The Kier molecular flexibility index (Phi) is 3.69. The Hall–Kier alpha value is -0.840. The molecular weight excluding hydrogens is 259 g/mol. The molecule has 0 aromatic carbocycles. The molecule has 1 rings (SSSR count). The summed E-state index contributed by atoms with van der Waals surface area (Å²) in [5.74, 6) is 0. The van der Waals surface area contributed by atoms with Gasteiger partial charge in [-0.25, -0.2) is 0 Å². The molecule has 0 N–H and O–H groups in total. The van der Waals surface area contributed by atoms with Gasteiger partial charge in [0, 0.05) is 11.5 Å². The van der Waals surface area contributed by atoms with Crippen molar-refractivity contribution in [1.29, 1.82) is 0 Å². The van der Waals surface area contributed by atoms with Gasteiger partial charge in [-0.3, -0.25) is 4.98 Å². The minimum atomic E-state index is -4.31. The molecule has 0 bridgehead atoms. The fourth-order valence-corrected chi connectivity index (χ4v) is 1.02. The van der Waals surface area contributed by atoms with E-state index in [2.05, 4.69) is 20.9 Å². The van der Waals surface area contributed by atoms with Crippen LogP contribution in [0.25, 0.3) is 6.08 Å². The van der Waals surface area contributed by atoms with Gasteiger partial charge in [-0.2, -0.15) is 13.2 Å². The molecule has 0 radical (unpaired) electrons. The van der Waals surface area contributed by atoms with Crippen LogP contribution in [0.2, 0.25) is 0 Å². The van der Waals surface area contributed by atoms with Crippen LogP contribution in [0.5, 0.6) is 0 Å². The summed E-state index contributed by atoms with van der Waals surface area (Å²) in [6.07, 6.45) is -0.0803. The van der Waals surface area contributed by atoms with E-state index in [9.17, 15) is 13.2 Å². The number of halogens is 4. The summed E-state index contributed by atoms with van der Waals surface area (Å²) >= 11 is 3.16. The number of aromatic nitrogens is 1. The predicted molar refractivity (Wildman–Crippen MR) is 52.1 cm³/mol. The zero-order valence-corrected chi connectivity index (χ0v) is 8.64. The molecule has 0 fully saturated rings. The Morgan fingerprint density at radius 2 is 2.07 bits per heavy atom. The first-order valence-electron chi connectivity index (χ1n) is 3.80. The number of pyridine rings is 1. The Labute approximate surface area is 87.8 Å². The van der Waals surface area contributed by atoms with Crippen LogP contribution < -0.4 is 0 Å². The van der Waals surface area contributed by atoms with E-state index in [1.807, 2.05) is 0 Å². The van der Waals surface area contributed by atoms with Crippen LogP contribution in [0.4, 0.5) is 13.2 Å². The number of allylic oxidation sites excluding steroid dienone is 1. The quantitative estimate of drug-likeness (QED) is 0.746. The van der Waals surface area contributed by atoms with E-state index < -0.39 is 11.7 Å². The third-order valence-corrected chi connectivity index (χ3v) is 1.87.